The van der Waals surface area contributed by atoms with E-state index in [4.69, 9.17) is 9.84 Å². The fourth-order valence-corrected chi connectivity index (χ4v) is 1.24. The molecule has 10 heavy (non-hydrogen) atoms. The second-order valence-electron chi connectivity index (χ2n) is 2.41. The number of carbonyl (C=O) groups is 1. The number of carboxylic acids is 1. The van der Waals surface area contributed by atoms with E-state index in [2.05, 4.69) is 12.6 Å². The summed E-state index contributed by atoms with van der Waals surface area (Å²) < 4.78 is 5.02. The number of hydrogen-bond donors (Lipinski definition) is 2. The van der Waals surface area contributed by atoms with E-state index in [1.165, 1.54) is 0 Å². The van der Waals surface area contributed by atoms with E-state index >= 15 is 0 Å². The van der Waals surface area contributed by atoms with Crippen molar-refractivity contribution < 1.29 is 14.6 Å². The van der Waals surface area contributed by atoms with Crippen LogP contribution >= 0.6 is 12.6 Å². The number of aliphatic carboxylic acids is 1. The van der Waals surface area contributed by atoms with Gasteiger partial charge in [0, 0.05) is 12.5 Å². The SMILES string of the molecule is O=C(O)C(S)C1CCOC1. The monoisotopic (exact) mass is 162 g/mol. The van der Waals surface area contributed by atoms with Crippen LogP contribution in [0.2, 0.25) is 0 Å². The van der Waals surface area contributed by atoms with Crippen molar-refractivity contribution >= 4 is 18.6 Å². The lowest BCUT2D eigenvalue weighted by atomic mass is 10.1. The van der Waals surface area contributed by atoms with Gasteiger partial charge in [-0.15, -0.1) is 0 Å². The van der Waals surface area contributed by atoms with Crippen molar-refractivity contribution in [3.8, 4) is 0 Å². The Morgan fingerprint density at radius 3 is 2.90 bits per heavy atom. The summed E-state index contributed by atoms with van der Waals surface area (Å²) in [7, 11) is 0. The van der Waals surface area contributed by atoms with Crippen LogP contribution in [-0.4, -0.2) is 29.5 Å². The first-order valence-electron chi connectivity index (χ1n) is 3.20. The molecule has 0 aromatic carbocycles. The molecule has 0 amide bonds. The Hall–Kier alpha value is -0.220. The van der Waals surface area contributed by atoms with Crippen LogP contribution in [0.4, 0.5) is 0 Å². The fourth-order valence-electron chi connectivity index (χ4n) is 1.00. The van der Waals surface area contributed by atoms with E-state index in [9.17, 15) is 4.79 Å². The first kappa shape index (κ1) is 7.88. The molecule has 0 aromatic heterocycles. The van der Waals surface area contributed by atoms with Gasteiger partial charge in [0.05, 0.1) is 6.61 Å². The zero-order valence-corrected chi connectivity index (χ0v) is 6.38. The minimum Gasteiger partial charge on any atom is -0.480 e. The fraction of sp³-hybridized carbons (Fsp3) is 0.833. The minimum absolute atomic E-state index is 0.0980. The van der Waals surface area contributed by atoms with Crippen molar-refractivity contribution in [2.75, 3.05) is 13.2 Å². The summed E-state index contributed by atoms with van der Waals surface area (Å²) in [5.74, 6) is -0.750. The van der Waals surface area contributed by atoms with E-state index < -0.39 is 11.2 Å². The van der Waals surface area contributed by atoms with E-state index in [-0.39, 0.29) is 5.92 Å². The van der Waals surface area contributed by atoms with Gasteiger partial charge in [-0.25, -0.2) is 0 Å². The van der Waals surface area contributed by atoms with Crippen molar-refractivity contribution in [1.82, 2.24) is 0 Å². The number of carboxylic acid groups (broad SMARTS) is 1. The predicted molar refractivity (Wildman–Crippen MR) is 39.3 cm³/mol. The van der Waals surface area contributed by atoms with Gasteiger partial charge < -0.3 is 9.84 Å². The molecule has 1 saturated heterocycles. The Bertz CT molecular complexity index is 131. The Kier molecular flexibility index (Phi) is 2.56. The molecule has 2 atom stereocenters. The van der Waals surface area contributed by atoms with Crippen LogP contribution in [0, 0.1) is 5.92 Å². The molecule has 1 heterocycles. The molecule has 1 aliphatic rings. The van der Waals surface area contributed by atoms with Crippen LogP contribution in [0.25, 0.3) is 0 Å². The Labute approximate surface area is 64.8 Å². The summed E-state index contributed by atoms with van der Waals surface area (Å²) in [4.78, 5) is 10.4. The summed E-state index contributed by atoms with van der Waals surface area (Å²) in [6.07, 6.45) is 0.820. The van der Waals surface area contributed by atoms with Crippen LogP contribution < -0.4 is 0 Å². The summed E-state index contributed by atoms with van der Waals surface area (Å²) in [5.41, 5.74) is 0. The van der Waals surface area contributed by atoms with Gasteiger partial charge in [-0.3, -0.25) is 4.79 Å². The molecule has 58 valence electrons. The van der Waals surface area contributed by atoms with Gasteiger partial charge >= 0.3 is 5.97 Å². The van der Waals surface area contributed by atoms with Crippen molar-refractivity contribution in [3.63, 3.8) is 0 Å². The van der Waals surface area contributed by atoms with Crippen molar-refractivity contribution in [3.05, 3.63) is 0 Å². The average Bonchev–Trinajstić information content (AvgIpc) is 2.36. The molecule has 0 radical (unpaired) electrons. The zero-order chi connectivity index (χ0) is 7.56. The number of rotatable bonds is 2. The molecule has 1 fully saturated rings. The summed E-state index contributed by atoms with van der Waals surface area (Å²) in [5, 5.41) is 7.96. The molecule has 0 saturated carbocycles. The minimum atomic E-state index is -0.848. The van der Waals surface area contributed by atoms with E-state index in [1.807, 2.05) is 0 Å². The molecule has 3 nitrogen and oxygen atoms in total. The van der Waals surface area contributed by atoms with Crippen LogP contribution in [0.15, 0.2) is 0 Å². The molecule has 0 aromatic rings. The lowest BCUT2D eigenvalue weighted by Gasteiger charge is -2.10. The number of ether oxygens (including phenoxy) is 1. The van der Waals surface area contributed by atoms with Gasteiger partial charge in [-0.05, 0) is 6.42 Å². The van der Waals surface area contributed by atoms with Gasteiger partial charge in [0.1, 0.15) is 5.25 Å². The van der Waals surface area contributed by atoms with Crippen molar-refractivity contribution in [2.45, 2.75) is 11.7 Å². The van der Waals surface area contributed by atoms with Crippen LogP contribution in [0.3, 0.4) is 0 Å². The highest BCUT2D eigenvalue weighted by Crippen LogP contribution is 2.20. The van der Waals surface area contributed by atoms with Crippen LogP contribution in [0.5, 0.6) is 0 Å². The molecule has 1 N–H and O–H groups in total. The molecule has 4 heteroatoms. The van der Waals surface area contributed by atoms with E-state index in [0.29, 0.717) is 13.2 Å². The average molecular weight is 162 g/mol. The second kappa shape index (κ2) is 3.25. The Morgan fingerprint density at radius 1 is 1.80 bits per heavy atom. The van der Waals surface area contributed by atoms with Gasteiger partial charge in [0.2, 0.25) is 0 Å². The highest BCUT2D eigenvalue weighted by atomic mass is 32.1. The molecule has 2 unspecified atom stereocenters. The number of thiol groups is 1. The molecular formula is C6H10O3S. The quantitative estimate of drug-likeness (QED) is 0.578. The highest BCUT2D eigenvalue weighted by Gasteiger charge is 2.27. The smallest absolute Gasteiger partial charge is 0.316 e. The Balaban J connectivity index is 2.39. The number of hydrogen-bond acceptors (Lipinski definition) is 3. The van der Waals surface area contributed by atoms with Gasteiger partial charge in [0.15, 0.2) is 0 Å². The predicted octanol–water partition coefficient (Wildman–Crippen LogP) is 0.406. The maximum absolute atomic E-state index is 10.4. The summed E-state index contributed by atoms with van der Waals surface area (Å²) >= 11 is 3.94. The highest BCUT2D eigenvalue weighted by molar-refractivity contribution is 7.81. The van der Waals surface area contributed by atoms with Gasteiger partial charge in [0.25, 0.3) is 0 Å². The molecular weight excluding hydrogens is 152 g/mol. The molecule has 0 bridgehead atoms. The third-order valence-corrected chi connectivity index (χ3v) is 2.31. The third-order valence-electron chi connectivity index (χ3n) is 1.66. The first-order valence-corrected chi connectivity index (χ1v) is 3.72. The topological polar surface area (TPSA) is 46.5 Å². The summed E-state index contributed by atoms with van der Waals surface area (Å²) in [6, 6.07) is 0. The normalized spacial score (nSPS) is 28.3. The lowest BCUT2D eigenvalue weighted by Crippen LogP contribution is -2.24. The Morgan fingerprint density at radius 2 is 2.50 bits per heavy atom. The molecule has 0 spiro atoms. The van der Waals surface area contributed by atoms with Crippen molar-refractivity contribution in [2.24, 2.45) is 5.92 Å². The zero-order valence-electron chi connectivity index (χ0n) is 5.49. The van der Waals surface area contributed by atoms with Crippen LogP contribution in [0.1, 0.15) is 6.42 Å². The van der Waals surface area contributed by atoms with E-state index in [1.54, 1.807) is 0 Å². The standard InChI is InChI=1S/C6H10O3S/c7-6(8)5(10)4-1-2-9-3-4/h4-5,10H,1-3H2,(H,7,8). The maximum Gasteiger partial charge on any atom is 0.316 e. The first-order chi connectivity index (χ1) is 4.72. The molecule has 0 aliphatic carbocycles. The van der Waals surface area contributed by atoms with Gasteiger partial charge in [-0.1, -0.05) is 0 Å². The molecule has 1 rings (SSSR count). The van der Waals surface area contributed by atoms with Gasteiger partial charge in [-0.2, -0.15) is 12.6 Å². The molecule has 1 aliphatic heterocycles. The van der Waals surface area contributed by atoms with E-state index in [0.717, 1.165) is 6.42 Å². The largest absolute Gasteiger partial charge is 0.480 e. The van der Waals surface area contributed by atoms with Crippen molar-refractivity contribution in [1.29, 1.82) is 0 Å². The lowest BCUT2D eigenvalue weighted by molar-refractivity contribution is -0.137. The summed E-state index contributed by atoms with van der Waals surface area (Å²) in [6.45, 7) is 1.22. The van der Waals surface area contributed by atoms with Crippen LogP contribution in [-0.2, 0) is 9.53 Å². The third kappa shape index (κ3) is 1.64. The maximum atomic E-state index is 10.4. The second-order valence-corrected chi connectivity index (χ2v) is 2.96.